The second-order valence-corrected chi connectivity index (χ2v) is 5.05. The molecule has 1 unspecified atom stereocenters. The fourth-order valence-electron chi connectivity index (χ4n) is 2.12. The predicted octanol–water partition coefficient (Wildman–Crippen LogP) is 3.22. The van der Waals surface area contributed by atoms with E-state index in [4.69, 9.17) is 0 Å². The number of carboxylic acids is 1. The van der Waals surface area contributed by atoms with Gasteiger partial charge in [-0.1, -0.05) is 59.7 Å². The van der Waals surface area contributed by atoms with E-state index in [1.54, 1.807) is 0 Å². The van der Waals surface area contributed by atoms with Crippen LogP contribution in [0.2, 0.25) is 0 Å². The highest BCUT2D eigenvalue weighted by Gasteiger charge is 2.18. The van der Waals surface area contributed by atoms with E-state index < -0.39 is 12.0 Å². The molecular formula is C17H19NO2. The van der Waals surface area contributed by atoms with Crippen LogP contribution in [0, 0.1) is 13.8 Å². The van der Waals surface area contributed by atoms with Crippen molar-refractivity contribution < 1.29 is 9.90 Å². The first-order chi connectivity index (χ1) is 9.56. The highest BCUT2D eigenvalue weighted by molar-refractivity contribution is 5.75. The second-order valence-electron chi connectivity index (χ2n) is 5.05. The predicted molar refractivity (Wildman–Crippen MR) is 79.6 cm³/mol. The minimum Gasteiger partial charge on any atom is -0.480 e. The topological polar surface area (TPSA) is 49.3 Å². The summed E-state index contributed by atoms with van der Waals surface area (Å²) in [7, 11) is 0. The van der Waals surface area contributed by atoms with Crippen LogP contribution in [-0.2, 0) is 11.3 Å². The van der Waals surface area contributed by atoms with E-state index in [2.05, 4.69) is 5.32 Å². The molecule has 3 heteroatoms. The van der Waals surface area contributed by atoms with Gasteiger partial charge in [0.25, 0.3) is 0 Å². The monoisotopic (exact) mass is 269 g/mol. The zero-order valence-corrected chi connectivity index (χ0v) is 11.8. The first-order valence-corrected chi connectivity index (χ1v) is 6.64. The largest absolute Gasteiger partial charge is 0.480 e. The van der Waals surface area contributed by atoms with E-state index in [1.165, 1.54) is 5.56 Å². The first-order valence-electron chi connectivity index (χ1n) is 6.64. The molecule has 0 aliphatic rings. The van der Waals surface area contributed by atoms with Gasteiger partial charge in [-0.15, -0.1) is 0 Å². The summed E-state index contributed by atoms with van der Waals surface area (Å²) in [4.78, 5) is 11.4. The lowest BCUT2D eigenvalue weighted by Gasteiger charge is -2.15. The summed E-state index contributed by atoms with van der Waals surface area (Å²) >= 11 is 0. The summed E-state index contributed by atoms with van der Waals surface area (Å²) in [6, 6.07) is 15.0. The molecule has 2 aromatic carbocycles. The van der Waals surface area contributed by atoms with Gasteiger partial charge in [-0.2, -0.15) is 0 Å². The molecule has 1 atom stereocenters. The summed E-state index contributed by atoms with van der Waals surface area (Å²) < 4.78 is 0. The van der Waals surface area contributed by atoms with Crippen LogP contribution in [0.1, 0.15) is 28.3 Å². The molecule has 0 bridgehead atoms. The van der Waals surface area contributed by atoms with Crippen LogP contribution in [0.5, 0.6) is 0 Å². The van der Waals surface area contributed by atoms with Crippen LogP contribution in [0.4, 0.5) is 0 Å². The molecule has 3 nitrogen and oxygen atoms in total. The number of carboxylic acid groups (broad SMARTS) is 1. The number of hydrogen-bond acceptors (Lipinski definition) is 2. The normalized spacial score (nSPS) is 12.1. The van der Waals surface area contributed by atoms with Crippen LogP contribution in [0.3, 0.4) is 0 Å². The first kappa shape index (κ1) is 14.3. The van der Waals surface area contributed by atoms with Gasteiger partial charge in [0.15, 0.2) is 0 Å². The van der Waals surface area contributed by atoms with Crippen molar-refractivity contribution in [3.8, 4) is 0 Å². The third-order valence-electron chi connectivity index (χ3n) is 3.25. The smallest absolute Gasteiger partial charge is 0.325 e. The molecule has 0 spiro atoms. The van der Waals surface area contributed by atoms with E-state index in [-0.39, 0.29) is 0 Å². The zero-order valence-electron chi connectivity index (χ0n) is 11.8. The van der Waals surface area contributed by atoms with Crippen molar-refractivity contribution in [2.75, 3.05) is 0 Å². The van der Waals surface area contributed by atoms with Crippen molar-refractivity contribution in [2.24, 2.45) is 0 Å². The molecule has 0 heterocycles. The Kier molecular flexibility index (Phi) is 4.53. The second kappa shape index (κ2) is 6.35. The number of carbonyl (C=O) groups is 1. The Morgan fingerprint density at radius 2 is 1.80 bits per heavy atom. The molecule has 0 amide bonds. The highest BCUT2D eigenvalue weighted by atomic mass is 16.4. The van der Waals surface area contributed by atoms with Crippen LogP contribution < -0.4 is 5.32 Å². The fraction of sp³-hybridized carbons (Fsp3) is 0.235. The van der Waals surface area contributed by atoms with E-state index >= 15 is 0 Å². The summed E-state index contributed by atoms with van der Waals surface area (Å²) in [6.07, 6.45) is 0. The maximum atomic E-state index is 11.4. The summed E-state index contributed by atoms with van der Waals surface area (Å²) in [5.41, 5.74) is 4.12. The van der Waals surface area contributed by atoms with Crippen molar-refractivity contribution in [1.29, 1.82) is 0 Å². The molecular weight excluding hydrogens is 250 g/mol. The minimum absolute atomic E-state index is 0.533. The lowest BCUT2D eigenvalue weighted by Crippen LogP contribution is -2.28. The van der Waals surface area contributed by atoms with Crippen LogP contribution in [0.25, 0.3) is 0 Å². The molecule has 0 saturated heterocycles. The standard InChI is InChI=1S/C17H19NO2/c1-12-6-8-14(9-7-12)11-18-16(17(19)20)15-5-3-4-13(2)10-15/h3-10,16,18H,11H2,1-2H3,(H,19,20). The number of hydrogen-bond donors (Lipinski definition) is 2. The van der Waals surface area contributed by atoms with E-state index in [9.17, 15) is 9.90 Å². The molecule has 0 fully saturated rings. The molecule has 2 aromatic rings. The summed E-state index contributed by atoms with van der Waals surface area (Å²) in [5, 5.41) is 12.5. The summed E-state index contributed by atoms with van der Waals surface area (Å²) in [6.45, 7) is 4.53. The lowest BCUT2D eigenvalue weighted by atomic mass is 10.0. The van der Waals surface area contributed by atoms with Crippen LogP contribution >= 0.6 is 0 Å². The van der Waals surface area contributed by atoms with Gasteiger partial charge in [0, 0.05) is 6.54 Å². The maximum Gasteiger partial charge on any atom is 0.325 e. The van der Waals surface area contributed by atoms with Crippen molar-refractivity contribution in [3.63, 3.8) is 0 Å². The van der Waals surface area contributed by atoms with Gasteiger partial charge >= 0.3 is 5.97 Å². The van der Waals surface area contributed by atoms with E-state index in [1.807, 2.05) is 62.4 Å². The SMILES string of the molecule is Cc1ccc(CNC(C(=O)O)c2cccc(C)c2)cc1. The zero-order chi connectivity index (χ0) is 14.5. The van der Waals surface area contributed by atoms with Crippen LogP contribution in [0.15, 0.2) is 48.5 Å². The molecule has 2 rings (SSSR count). The van der Waals surface area contributed by atoms with Gasteiger partial charge in [-0.3, -0.25) is 10.1 Å². The molecule has 0 aliphatic carbocycles. The van der Waals surface area contributed by atoms with Crippen molar-refractivity contribution >= 4 is 5.97 Å². The maximum absolute atomic E-state index is 11.4. The number of aliphatic carboxylic acids is 1. The third-order valence-corrected chi connectivity index (χ3v) is 3.25. The Morgan fingerprint density at radius 1 is 1.10 bits per heavy atom. The average molecular weight is 269 g/mol. The molecule has 0 aliphatic heterocycles. The lowest BCUT2D eigenvalue weighted by molar-refractivity contribution is -0.139. The van der Waals surface area contributed by atoms with Gasteiger partial charge in [0.1, 0.15) is 6.04 Å². The molecule has 20 heavy (non-hydrogen) atoms. The van der Waals surface area contributed by atoms with Crippen molar-refractivity contribution in [3.05, 3.63) is 70.8 Å². The van der Waals surface area contributed by atoms with Crippen molar-refractivity contribution in [1.82, 2.24) is 5.32 Å². The van der Waals surface area contributed by atoms with E-state index in [0.717, 1.165) is 16.7 Å². The van der Waals surface area contributed by atoms with Gasteiger partial charge in [0.2, 0.25) is 0 Å². The molecule has 0 aromatic heterocycles. The Hall–Kier alpha value is -2.13. The number of benzene rings is 2. The van der Waals surface area contributed by atoms with Crippen molar-refractivity contribution in [2.45, 2.75) is 26.4 Å². The molecule has 0 saturated carbocycles. The van der Waals surface area contributed by atoms with Gasteiger partial charge in [-0.05, 0) is 25.0 Å². The van der Waals surface area contributed by atoms with Gasteiger partial charge in [0.05, 0.1) is 0 Å². The van der Waals surface area contributed by atoms with Gasteiger partial charge < -0.3 is 5.11 Å². The highest BCUT2D eigenvalue weighted by Crippen LogP contribution is 2.16. The number of rotatable bonds is 5. The number of nitrogens with one attached hydrogen (secondary N) is 1. The Balaban J connectivity index is 2.10. The quantitative estimate of drug-likeness (QED) is 0.876. The fourth-order valence-corrected chi connectivity index (χ4v) is 2.12. The Bertz CT molecular complexity index is 590. The van der Waals surface area contributed by atoms with E-state index in [0.29, 0.717) is 6.54 Å². The van der Waals surface area contributed by atoms with Crippen LogP contribution in [-0.4, -0.2) is 11.1 Å². The Labute approximate surface area is 119 Å². The number of aryl methyl sites for hydroxylation is 2. The van der Waals surface area contributed by atoms with Gasteiger partial charge in [-0.25, -0.2) is 0 Å². The Morgan fingerprint density at radius 3 is 2.40 bits per heavy atom. The third kappa shape index (κ3) is 3.68. The molecule has 0 radical (unpaired) electrons. The average Bonchev–Trinajstić information content (AvgIpc) is 2.41. The molecule has 104 valence electrons. The summed E-state index contributed by atoms with van der Waals surface area (Å²) in [5.74, 6) is -0.859. The minimum atomic E-state index is -0.859. The molecule has 2 N–H and O–H groups in total.